The molecule has 172 valence electrons. The molecule has 0 aliphatic heterocycles. The zero-order valence-electron chi connectivity index (χ0n) is 18.4. The molecule has 0 saturated carbocycles. The summed E-state index contributed by atoms with van der Waals surface area (Å²) in [6.45, 7) is 4.99. The maximum atomic E-state index is 12.0. The fourth-order valence-corrected chi connectivity index (χ4v) is 3.20. The number of halogens is 1. The van der Waals surface area contributed by atoms with Gasteiger partial charge in [-0.25, -0.2) is 5.43 Å². The number of hydrazone groups is 1. The third-order valence-electron chi connectivity index (χ3n) is 4.14. The number of nitrogens with zero attached hydrogens (tertiary/aromatic N) is 1. The van der Waals surface area contributed by atoms with E-state index in [4.69, 9.17) is 14.2 Å². The highest BCUT2D eigenvalue weighted by molar-refractivity contribution is 9.10. The molecule has 9 heteroatoms. The number of carbonyl (C=O) groups excluding carboxylic acids is 2. The summed E-state index contributed by atoms with van der Waals surface area (Å²) < 4.78 is 17.2. The Kier molecular flexibility index (Phi) is 10.5. The maximum Gasteiger partial charge on any atom is 0.240 e. The number of hydrogen-bond acceptors (Lipinski definition) is 6. The van der Waals surface area contributed by atoms with Crippen LogP contribution in [0.3, 0.4) is 0 Å². The van der Waals surface area contributed by atoms with Gasteiger partial charge in [-0.1, -0.05) is 6.92 Å². The SMILES string of the molecule is CCCOc1c(Br)cc(C=NNC(=O)CCC(=O)Nc2ccc(OC)cc2)cc1OCC. The molecule has 8 nitrogen and oxygen atoms in total. The average molecular weight is 506 g/mol. The minimum Gasteiger partial charge on any atom is -0.497 e. The van der Waals surface area contributed by atoms with Crippen LogP contribution in [-0.2, 0) is 9.59 Å². The van der Waals surface area contributed by atoms with Crippen LogP contribution >= 0.6 is 15.9 Å². The lowest BCUT2D eigenvalue weighted by atomic mass is 10.2. The van der Waals surface area contributed by atoms with Crippen molar-refractivity contribution in [2.24, 2.45) is 5.10 Å². The number of benzene rings is 2. The predicted molar refractivity (Wildman–Crippen MR) is 128 cm³/mol. The maximum absolute atomic E-state index is 12.0. The molecule has 32 heavy (non-hydrogen) atoms. The van der Waals surface area contributed by atoms with Crippen molar-refractivity contribution in [2.45, 2.75) is 33.1 Å². The molecule has 2 amide bonds. The van der Waals surface area contributed by atoms with E-state index >= 15 is 0 Å². The van der Waals surface area contributed by atoms with E-state index in [0.29, 0.717) is 36.1 Å². The van der Waals surface area contributed by atoms with Crippen molar-refractivity contribution in [2.75, 3.05) is 25.6 Å². The van der Waals surface area contributed by atoms with Gasteiger partial charge in [0.05, 0.1) is 31.0 Å². The number of carbonyl (C=O) groups is 2. The highest BCUT2D eigenvalue weighted by atomic mass is 79.9. The second-order valence-electron chi connectivity index (χ2n) is 6.68. The molecule has 0 heterocycles. The molecule has 0 bridgehead atoms. The van der Waals surface area contributed by atoms with Crippen LogP contribution in [0.25, 0.3) is 0 Å². The molecule has 0 aliphatic rings. The van der Waals surface area contributed by atoms with Gasteiger partial charge >= 0.3 is 0 Å². The Hall–Kier alpha value is -3.07. The van der Waals surface area contributed by atoms with Crippen molar-refractivity contribution in [1.29, 1.82) is 0 Å². The smallest absolute Gasteiger partial charge is 0.240 e. The molecule has 0 spiro atoms. The summed E-state index contributed by atoms with van der Waals surface area (Å²) >= 11 is 3.49. The Balaban J connectivity index is 1.86. The van der Waals surface area contributed by atoms with Crippen molar-refractivity contribution < 1.29 is 23.8 Å². The Morgan fingerprint density at radius 2 is 1.78 bits per heavy atom. The summed E-state index contributed by atoms with van der Waals surface area (Å²) in [6, 6.07) is 10.6. The molecular weight excluding hydrogens is 478 g/mol. The van der Waals surface area contributed by atoms with Crippen LogP contribution in [0.15, 0.2) is 46.0 Å². The summed E-state index contributed by atoms with van der Waals surface area (Å²) in [7, 11) is 1.57. The van der Waals surface area contributed by atoms with Gasteiger partial charge in [-0.3, -0.25) is 9.59 Å². The summed E-state index contributed by atoms with van der Waals surface area (Å²) in [5.74, 6) is 1.31. The largest absolute Gasteiger partial charge is 0.497 e. The van der Waals surface area contributed by atoms with E-state index in [9.17, 15) is 9.59 Å². The minimum atomic E-state index is -0.363. The lowest BCUT2D eigenvalue weighted by Crippen LogP contribution is -2.20. The third-order valence-corrected chi connectivity index (χ3v) is 4.73. The molecule has 2 rings (SSSR count). The van der Waals surface area contributed by atoms with Crippen LogP contribution < -0.4 is 25.0 Å². The quantitative estimate of drug-likeness (QED) is 0.326. The van der Waals surface area contributed by atoms with Crippen molar-refractivity contribution in [3.05, 3.63) is 46.4 Å². The lowest BCUT2D eigenvalue weighted by Gasteiger charge is -2.14. The molecule has 0 atom stereocenters. The fraction of sp³-hybridized carbons (Fsp3) is 0.348. The van der Waals surface area contributed by atoms with Crippen LogP contribution in [0, 0.1) is 0 Å². The first-order valence-corrected chi connectivity index (χ1v) is 11.1. The first-order chi connectivity index (χ1) is 15.5. The number of ether oxygens (including phenoxy) is 3. The van der Waals surface area contributed by atoms with Crippen LogP contribution in [0.5, 0.6) is 17.2 Å². The standard InChI is InChI=1S/C23H28BrN3O5/c1-4-12-32-23-19(24)13-16(14-20(23)31-5-2)15-25-27-22(29)11-10-21(28)26-17-6-8-18(30-3)9-7-17/h6-9,13-15H,4-5,10-12H2,1-3H3,(H,26,28)(H,27,29). The molecule has 0 saturated heterocycles. The molecule has 2 N–H and O–H groups in total. The lowest BCUT2D eigenvalue weighted by molar-refractivity contribution is -0.124. The normalized spacial score (nSPS) is 10.6. The van der Waals surface area contributed by atoms with E-state index in [1.165, 1.54) is 6.21 Å². The average Bonchev–Trinajstić information content (AvgIpc) is 2.78. The Morgan fingerprint density at radius 3 is 2.44 bits per heavy atom. The number of rotatable bonds is 12. The predicted octanol–water partition coefficient (Wildman–Crippen LogP) is 4.51. The van der Waals surface area contributed by atoms with Gasteiger partial charge in [0, 0.05) is 18.5 Å². The van der Waals surface area contributed by atoms with Gasteiger partial charge in [0.25, 0.3) is 0 Å². The molecule has 0 fully saturated rings. The number of amides is 2. The Bertz CT molecular complexity index is 932. The van der Waals surface area contributed by atoms with Crippen LogP contribution in [-0.4, -0.2) is 38.4 Å². The summed E-state index contributed by atoms with van der Waals surface area (Å²) in [4.78, 5) is 24.0. The van der Waals surface area contributed by atoms with E-state index in [2.05, 4.69) is 31.8 Å². The number of hydrogen-bond donors (Lipinski definition) is 2. The summed E-state index contributed by atoms with van der Waals surface area (Å²) in [6.07, 6.45) is 2.44. The van der Waals surface area contributed by atoms with Crippen LogP contribution in [0.2, 0.25) is 0 Å². The van der Waals surface area contributed by atoms with Crippen LogP contribution in [0.1, 0.15) is 38.7 Å². The van der Waals surface area contributed by atoms with Crippen molar-refractivity contribution in [1.82, 2.24) is 5.43 Å². The summed E-state index contributed by atoms with van der Waals surface area (Å²) in [5, 5.41) is 6.70. The van der Waals surface area contributed by atoms with E-state index in [1.54, 1.807) is 37.4 Å². The molecular formula is C23H28BrN3O5. The Morgan fingerprint density at radius 1 is 1.06 bits per heavy atom. The van der Waals surface area contributed by atoms with Crippen molar-refractivity contribution >= 4 is 39.6 Å². The van der Waals surface area contributed by atoms with Crippen molar-refractivity contribution in [3.63, 3.8) is 0 Å². The molecule has 2 aromatic rings. The summed E-state index contributed by atoms with van der Waals surface area (Å²) in [5.41, 5.74) is 3.79. The second-order valence-corrected chi connectivity index (χ2v) is 7.54. The number of nitrogens with one attached hydrogen (secondary N) is 2. The van der Waals surface area contributed by atoms with E-state index in [-0.39, 0.29) is 24.7 Å². The topological polar surface area (TPSA) is 98.2 Å². The first kappa shape index (κ1) is 25.2. The van der Waals surface area contributed by atoms with E-state index in [1.807, 2.05) is 19.9 Å². The fourth-order valence-electron chi connectivity index (χ4n) is 2.63. The van der Waals surface area contributed by atoms with Gasteiger partial charge in [-0.05, 0) is 71.2 Å². The highest BCUT2D eigenvalue weighted by Gasteiger charge is 2.12. The molecule has 2 aromatic carbocycles. The first-order valence-electron chi connectivity index (χ1n) is 10.3. The van der Waals surface area contributed by atoms with Gasteiger partial charge in [0.2, 0.25) is 11.8 Å². The van der Waals surface area contributed by atoms with Gasteiger partial charge < -0.3 is 19.5 Å². The number of methoxy groups -OCH3 is 1. The van der Waals surface area contributed by atoms with Crippen LogP contribution in [0.4, 0.5) is 5.69 Å². The zero-order valence-corrected chi connectivity index (χ0v) is 20.0. The Labute approximate surface area is 196 Å². The van der Waals surface area contributed by atoms with Crippen molar-refractivity contribution in [3.8, 4) is 17.2 Å². The molecule has 0 aliphatic carbocycles. The van der Waals surface area contributed by atoms with Gasteiger partial charge in [-0.15, -0.1) is 0 Å². The zero-order chi connectivity index (χ0) is 23.3. The van der Waals surface area contributed by atoms with E-state index < -0.39 is 0 Å². The molecule has 0 aromatic heterocycles. The van der Waals surface area contributed by atoms with Gasteiger partial charge in [0.1, 0.15) is 5.75 Å². The second kappa shape index (κ2) is 13.4. The van der Waals surface area contributed by atoms with E-state index in [0.717, 1.165) is 16.5 Å². The molecule has 0 unspecified atom stereocenters. The van der Waals surface area contributed by atoms with Gasteiger partial charge in [0.15, 0.2) is 11.5 Å². The third kappa shape index (κ3) is 8.22. The molecule has 0 radical (unpaired) electrons. The minimum absolute atomic E-state index is 0.0109. The van der Waals surface area contributed by atoms with Gasteiger partial charge in [-0.2, -0.15) is 5.10 Å². The monoisotopic (exact) mass is 505 g/mol. The number of anilines is 1. The highest BCUT2D eigenvalue weighted by Crippen LogP contribution is 2.36.